The SMILES string of the molecule is CN1C(=O)[C@](CCC2CCCCC2)(CC2CCN(C(=O)c3ccncc3)C2)N=C1N. The average Bonchev–Trinajstić information content (AvgIpc) is 3.32. The number of carbonyl (C=O) groups is 2. The number of nitrogens with zero attached hydrogens (tertiary/aromatic N) is 4. The van der Waals surface area contributed by atoms with Gasteiger partial charge in [-0.2, -0.15) is 0 Å². The summed E-state index contributed by atoms with van der Waals surface area (Å²) in [7, 11) is 1.72. The van der Waals surface area contributed by atoms with Gasteiger partial charge in [-0.3, -0.25) is 19.5 Å². The van der Waals surface area contributed by atoms with Gasteiger partial charge in [-0.1, -0.05) is 32.1 Å². The molecule has 1 aromatic rings. The number of aliphatic imine (C=N–C) groups is 1. The van der Waals surface area contributed by atoms with Crippen molar-refractivity contribution in [3.05, 3.63) is 30.1 Å². The van der Waals surface area contributed by atoms with Crippen LogP contribution in [0, 0.1) is 11.8 Å². The van der Waals surface area contributed by atoms with Gasteiger partial charge in [0, 0.05) is 38.1 Å². The first kappa shape index (κ1) is 20.8. The van der Waals surface area contributed by atoms with Crippen LogP contribution in [0.4, 0.5) is 0 Å². The van der Waals surface area contributed by atoms with Crippen LogP contribution in [0.5, 0.6) is 0 Å². The third-order valence-corrected chi connectivity index (χ3v) is 7.19. The predicted molar refractivity (Wildman–Crippen MR) is 116 cm³/mol. The molecule has 30 heavy (non-hydrogen) atoms. The second-order valence-electron chi connectivity index (χ2n) is 9.25. The Morgan fingerprint density at radius 3 is 2.57 bits per heavy atom. The number of hydrogen-bond acceptors (Lipinski definition) is 5. The summed E-state index contributed by atoms with van der Waals surface area (Å²) in [5.74, 6) is 1.34. The topological polar surface area (TPSA) is 91.9 Å². The van der Waals surface area contributed by atoms with Crippen molar-refractivity contribution in [2.75, 3.05) is 20.1 Å². The van der Waals surface area contributed by atoms with Gasteiger partial charge in [0.25, 0.3) is 11.8 Å². The van der Waals surface area contributed by atoms with Gasteiger partial charge in [-0.25, -0.2) is 4.99 Å². The minimum Gasteiger partial charge on any atom is -0.369 e. The van der Waals surface area contributed by atoms with E-state index in [0.717, 1.165) is 19.3 Å². The normalized spacial score (nSPS) is 27.6. The highest BCUT2D eigenvalue weighted by Gasteiger charge is 2.48. The molecule has 2 fully saturated rings. The lowest BCUT2D eigenvalue weighted by Crippen LogP contribution is -2.44. The van der Waals surface area contributed by atoms with Crippen LogP contribution in [0.15, 0.2) is 29.5 Å². The Labute approximate surface area is 178 Å². The lowest BCUT2D eigenvalue weighted by atomic mass is 9.78. The number of hydrogen-bond donors (Lipinski definition) is 1. The van der Waals surface area contributed by atoms with Crippen LogP contribution in [-0.4, -0.2) is 58.2 Å². The molecule has 0 spiro atoms. The average molecular weight is 412 g/mol. The van der Waals surface area contributed by atoms with Gasteiger partial charge >= 0.3 is 0 Å². The first-order valence-corrected chi connectivity index (χ1v) is 11.3. The number of likely N-dealkylation sites (tertiary alicyclic amines) is 1. The Morgan fingerprint density at radius 1 is 1.17 bits per heavy atom. The van der Waals surface area contributed by atoms with Crippen molar-refractivity contribution in [3.8, 4) is 0 Å². The van der Waals surface area contributed by atoms with E-state index in [4.69, 9.17) is 10.7 Å². The second-order valence-corrected chi connectivity index (χ2v) is 9.25. The maximum atomic E-state index is 13.2. The highest BCUT2D eigenvalue weighted by molar-refractivity contribution is 6.06. The standard InChI is InChI=1S/C23H33N5O2/c1-27-21(30)23(26-22(27)24,11-7-17-5-3-2-4-6-17)15-18-10-14-28(16-18)20(29)19-8-12-25-13-9-19/h8-9,12-13,17-18H,2-7,10-11,14-16H2,1H3,(H2,24,26)/t18?,23-/m0/s1. The van der Waals surface area contributed by atoms with Gasteiger partial charge in [0.2, 0.25) is 0 Å². The molecule has 2 atom stereocenters. The molecule has 0 aromatic carbocycles. The summed E-state index contributed by atoms with van der Waals surface area (Å²) in [5.41, 5.74) is 5.97. The number of pyridine rings is 1. The lowest BCUT2D eigenvalue weighted by molar-refractivity contribution is -0.131. The summed E-state index contributed by atoms with van der Waals surface area (Å²) in [5, 5.41) is 0. The van der Waals surface area contributed by atoms with Gasteiger partial charge in [0.1, 0.15) is 5.54 Å². The molecule has 2 amide bonds. The molecular formula is C23H33N5O2. The van der Waals surface area contributed by atoms with Crippen molar-refractivity contribution in [2.24, 2.45) is 22.6 Å². The minimum absolute atomic E-state index is 0.0229. The third-order valence-electron chi connectivity index (χ3n) is 7.19. The maximum absolute atomic E-state index is 13.2. The number of guanidine groups is 1. The van der Waals surface area contributed by atoms with E-state index < -0.39 is 5.54 Å². The maximum Gasteiger partial charge on any atom is 0.257 e. The molecule has 1 saturated heterocycles. The van der Waals surface area contributed by atoms with Gasteiger partial charge in [0.15, 0.2) is 5.96 Å². The van der Waals surface area contributed by atoms with E-state index >= 15 is 0 Å². The molecule has 2 aliphatic heterocycles. The lowest BCUT2D eigenvalue weighted by Gasteiger charge is -2.30. The largest absolute Gasteiger partial charge is 0.369 e. The fourth-order valence-electron chi connectivity index (χ4n) is 5.41. The van der Waals surface area contributed by atoms with E-state index in [1.54, 1.807) is 31.6 Å². The highest BCUT2D eigenvalue weighted by Crippen LogP contribution is 2.39. The van der Waals surface area contributed by atoms with Crippen molar-refractivity contribution in [1.29, 1.82) is 0 Å². The van der Waals surface area contributed by atoms with Crippen molar-refractivity contribution in [2.45, 2.75) is 63.3 Å². The quantitative estimate of drug-likeness (QED) is 0.779. The first-order valence-electron chi connectivity index (χ1n) is 11.3. The van der Waals surface area contributed by atoms with Gasteiger partial charge in [-0.05, 0) is 49.7 Å². The highest BCUT2D eigenvalue weighted by atomic mass is 16.2. The van der Waals surface area contributed by atoms with Crippen molar-refractivity contribution in [3.63, 3.8) is 0 Å². The van der Waals surface area contributed by atoms with Crippen LogP contribution in [0.25, 0.3) is 0 Å². The first-order chi connectivity index (χ1) is 14.5. The molecule has 3 heterocycles. The fourth-order valence-corrected chi connectivity index (χ4v) is 5.41. The number of nitrogens with two attached hydrogens (primary N) is 1. The Bertz CT molecular complexity index is 805. The van der Waals surface area contributed by atoms with E-state index in [1.807, 2.05) is 4.90 Å². The van der Waals surface area contributed by atoms with Crippen molar-refractivity contribution < 1.29 is 9.59 Å². The molecule has 1 aliphatic carbocycles. The molecule has 1 unspecified atom stereocenters. The van der Waals surface area contributed by atoms with E-state index in [-0.39, 0.29) is 17.7 Å². The molecule has 1 saturated carbocycles. The van der Waals surface area contributed by atoms with Crippen molar-refractivity contribution in [1.82, 2.24) is 14.8 Å². The predicted octanol–water partition coefficient (Wildman–Crippen LogP) is 2.82. The number of carbonyl (C=O) groups excluding carboxylic acids is 2. The minimum atomic E-state index is -0.753. The summed E-state index contributed by atoms with van der Waals surface area (Å²) >= 11 is 0. The number of likely N-dealkylation sites (N-methyl/N-ethyl adjacent to an activating group) is 1. The van der Waals surface area contributed by atoms with Crippen LogP contribution in [0.3, 0.4) is 0 Å². The summed E-state index contributed by atoms with van der Waals surface area (Å²) in [6, 6.07) is 3.50. The van der Waals surface area contributed by atoms with Crippen LogP contribution < -0.4 is 5.73 Å². The Hall–Kier alpha value is -2.44. The molecule has 2 N–H and O–H groups in total. The molecule has 7 heteroatoms. The molecule has 162 valence electrons. The van der Waals surface area contributed by atoms with Crippen LogP contribution in [-0.2, 0) is 4.79 Å². The second kappa shape index (κ2) is 8.74. The molecule has 4 rings (SSSR count). The monoisotopic (exact) mass is 411 g/mol. The van der Waals surface area contributed by atoms with E-state index in [2.05, 4.69) is 4.98 Å². The Kier molecular flexibility index (Phi) is 6.06. The molecule has 0 bridgehead atoms. The molecular weight excluding hydrogens is 378 g/mol. The molecule has 0 radical (unpaired) electrons. The third kappa shape index (κ3) is 4.20. The zero-order chi connectivity index (χ0) is 21.1. The Balaban J connectivity index is 1.43. The van der Waals surface area contributed by atoms with Gasteiger partial charge in [0.05, 0.1) is 0 Å². The summed E-state index contributed by atoms with van der Waals surface area (Å²) in [6.45, 7) is 1.38. The summed E-state index contributed by atoms with van der Waals surface area (Å²) in [6.07, 6.45) is 13.1. The summed E-state index contributed by atoms with van der Waals surface area (Å²) < 4.78 is 0. The van der Waals surface area contributed by atoms with Gasteiger partial charge < -0.3 is 10.6 Å². The Morgan fingerprint density at radius 2 is 1.90 bits per heavy atom. The number of aromatic nitrogens is 1. The molecule has 7 nitrogen and oxygen atoms in total. The molecule has 3 aliphatic rings. The van der Waals surface area contributed by atoms with Crippen LogP contribution in [0.2, 0.25) is 0 Å². The zero-order valence-corrected chi connectivity index (χ0v) is 17.9. The van der Waals surface area contributed by atoms with E-state index in [9.17, 15) is 9.59 Å². The van der Waals surface area contributed by atoms with Crippen molar-refractivity contribution >= 4 is 17.8 Å². The van der Waals surface area contributed by atoms with Crippen LogP contribution >= 0.6 is 0 Å². The zero-order valence-electron chi connectivity index (χ0n) is 17.9. The molecule has 1 aromatic heterocycles. The fraction of sp³-hybridized carbons (Fsp3) is 0.652. The number of amides is 2. The van der Waals surface area contributed by atoms with Gasteiger partial charge in [-0.15, -0.1) is 0 Å². The van der Waals surface area contributed by atoms with E-state index in [0.29, 0.717) is 37.0 Å². The van der Waals surface area contributed by atoms with Crippen LogP contribution in [0.1, 0.15) is 68.1 Å². The van der Waals surface area contributed by atoms with E-state index in [1.165, 1.54) is 37.0 Å². The smallest absolute Gasteiger partial charge is 0.257 e. The number of rotatable bonds is 6. The summed E-state index contributed by atoms with van der Waals surface area (Å²) in [4.78, 5) is 38.1.